The lowest BCUT2D eigenvalue weighted by Crippen LogP contribution is -2.47. The van der Waals surface area contributed by atoms with Gasteiger partial charge >= 0.3 is 6.18 Å². The van der Waals surface area contributed by atoms with Crippen LogP contribution in [0.4, 0.5) is 13.2 Å². The molecule has 0 spiro atoms. The number of aliphatic imine (C=N–C) groups is 1. The lowest BCUT2D eigenvalue weighted by molar-refractivity contribution is -0.142. The number of alkyl halides is 3. The van der Waals surface area contributed by atoms with Crippen molar-refractivity contribution in [2.45, 2.75) is 51.2 Å². The molecule has 0 aromatic carbocycles. The highest BCUT2D eigenvalue weighted by atomic mass is 19.4. The summed E-state index contributed by atoms with van der Waals surface area (Å²) in [5.41, 5.74) is 0. The van der Waals surface area contributed by atoms with Gasteiger partial charge in [-0.3, -0.25) is 9.89 Å². The van der Waals surface area contributed by atoms with Crippen LogP contribution in [0, 0.1) is 5.92 Å². The first-order valence-electron chi connectivity index (χ1n) is 8.06. The van der Waals surface area contributed by atoms with Gasteiger partial charge in [-0.05, 0) is 38.6 Å². The molecule has 0 bridgehead atoms. The maximum absolute atomic E-state index is 12.2. The van der Waals surface area contributed by atoms with Crippen LogP contribution in [-0.2, 0) is 0 Å². The fourth-order valence-electron chi connectivity index (χ4n) is 2.85. The largest absolute Gasteiger partial charge is 0.401 e. The zero-order chi connectivity index (χ0) is 16.6. The van der Waals surface area contributed by atoms with E-state index in [1.54, 1.807) is 7.05 Å². The number of hydrogen-bond acceptors (Lipinski definition) is 2. The zero-order valence-corrected chi connectivity index (χ0v) is 13.8. The molecule has 0 unspecified atom stereocenters. The molecule has 22 heavy (non-hydrogen) atoms. The molecule has 0 aliphatic heterocycles. The van der Waals surface area contributed by atoms with E-state index >= 15 is 0 Å². The van der Waals surface area contributed by atoms with Crippen LogP contribution in [0.25, 0.3) is 0 Å². The Balaban J connectivity index is 2.23. The van der Waals surface area contributed by atoms with E-state index in [0.29, 0.717) is 25.1 Å². The Morgan fingerprint density at radius 2 is 1.86 bits per heavy atom. The predicted octanol–water partition coefficient (Wildman–Crippen LogP) is 2.61. The van der Waals surface area contributed by atoms with Gasteiger partial charge in [0.1, 0.15) is 0 Å². The first kappa shape index (κ1) is 19.1. The van der Waals surface area contributed by atoms with Gasteiger partial charge in [0, 0.05) is 26.2 Å². The fourth-order valence-corrected chi connectivity index (χ4v) is 2.85. The second-order valence-electron chi connectivity index (χ2n) is 6.12. The van der Waals surface area contributed by atoms with Gasteiger partial charge in [-0.15, -0.1) is 0 Å². The normalized spacial score (nSPS) is 23.7. The van der Waals surface area contributed by atoms with E-state index in [-0.39, 0.29) is 0 Å². The smallest absolute Gasteiger partial charge is 0.355 e. The van der Waals surface area contributed by atoms with Gasteiger partial charge < -0.3 is 10.6 Å². The summed E-state index contributed by atoms with van der Waals surface area (Å²) in [4.78, 5) is 5.40. The summed E-state index contributed by atoms with van der Waals surface area (Å²) in [7, 11) is 3.16. The Hall–Kier alpha value is -0.980. The van der Waals surface area contributed by atoms with Gasteiger partial charge in [-0.2, -0.15) is 13.2 Å². The number of likely N-dealkylation sites (N-methyl/N-ethyl adjacent to an activating group) is 1. The fraction of sp³-hybridized carbons (Fsp3) is 0.933. The molecule has 2 N–H and O–H groups in total. The molecule has 0 heterocycles. The van der Waals surface area contributed by atoms with Crippen molar-refractivity contribution in [2.75, 3.05) is 33.7 Å². The Labute approximate surface area is 131 Å². The van der Waals surface area contributed by atoms with Crippen LogP contribution in [0.5, 0.6) is 0 Å². The van der Waals surface area contributed by atoms with Crippen LogP contribution in [0.2, 0.25) is 0 Å². The second-order valence-corrected chi connectivity index (χ2v) is 6.12. The molecule has 0 aromatic rings. The van der Waals surface area contributed by atoms with Gasteiger partial charge in [0.05, 0.1) is 6.54 Å². The second kappa shape index (κ2) is 9.22. The molecule has 130 valence electrons. The molecule has 4 nitrogen and oxygen atoms in total. The van der Waals surface area contributed by atoms with Crippen LogP contribution in [0.15, 0.2) is 4.99 Å². The van der Waals surface area contributed by atoms with E-state index in [2.05, 4.69) is 22.5 Å². The Morgan fingerprint density at radius 3 is 2.36 bits per heavy atom. The number of halogens is 3. The number of hydrogen-bond donors (Lipinski definition) is 2. The summed E-state index contributed by atoms with van der Waals surface area (Å²) in [6, 6.07) is 0.418. The molecular formula is C15H29F3N4. The van der Waals surface area contributed by atoms with Gasteiger partial charge in [0.25, 0.3) is 0 Å². The van der Waals surface area contributed by atoms with Crippen molar-refractivity contribution >= 4 is 5.96 Å². The zero-order valence-electron chi connectivity index (χ0n) is 13.8. The summed E-state index contributed by atoms with van der Waals surface area (Å²) in [6.45, 7) is 2.11. The first-order chi connectivity index (χ1) is 10.3. The van der Waals surface area contributed by atoms with E-state index < -0.39 is 12.7 Å². The van der Waals surface area contributed by atoms with Crippen molar-refractivity contribution in [1.82, 2.24) is 15.5 Å². The van der Waals surface area contributed by atoms with E-state index in [9.17, 15) is 13.2 Å². The summed E-state index contributed by atoms with van der Waals surface area (Å²) < 4.78 is 36.7. The van der Waals surface area contributed by atoms with Crippen molar-refractivity contribution in [2.24, 2.45) is 10.9 Å². The Bertz CT molecular complexity index is 336. The Morgan fingerprint density at radius 1 is 1.23 bits per heavy atom. The van der Waals surface area contributed by atoms with Gasteiger partial charge in [-0.1, -0.05) is 13.3 Å². The van der Waals surface area contributed by atoms with Crippen molar-refractivity contribution in [1.29, 1.82) is 0 Å². The molecule has 0 saturated heterocycles. The van der Waals surface area contributed by atoms with Gasteiger partial charge in [0.2, 0.25) is 0 Å². The highest BCUT2D eigenvalue weighted by Crippen LogP contribution is 2.26. The third-order valence-electron chi connectivity index (χ3n) is 4.22. The Kier molecular flexibility index (Phi) is 8.00. The highest BCUT2D eigenvalue weighted by molar-refractivity contribution is 5.79. The number of guanidine groups is 1. The minimum atomic E-state index is -4.15. The molecule has 0 amide bonds. The maximum Gasteiger partial charge on any atom is 0.401 e. The van der Waals surface area contributed by atoms with Crippen molar-refractivity contribution in [3.8, 4) is 0 Å². The van der Waals surface area contributed by atoms with E-state index in [1.165, 1.54) is 31.2 Å². The SMILES string of the molecule is CCC1CCC(NC(=NC)NCCN(C)CC(F)(F)F)CC1. The molecular weight excluding hydrogens is 293 g/mol. The molecule has 1 aliphatic carbocycles. The van der Waals surface area contributed by atoms with Crippen LogP contribution in [0.3, 0.4) is 0 Å². The predicted molar refractivity (Wildman–Crippen MR) is 84.1 cm³/mol. The van der Waals surface area contributed by atoms with E-state index in [1.807, 2.05) is 0 Å². The molecule has 1 fully saturated rings. The standard InChI is InChI=1S/C15H29F3N4/c1-4-12-5-7-13(8-6-12)21-14(19-2)20-9-10-22(3)11-15(16,17)18/h12-13H,4-11H2,1-3H3,(H2,19,20,21). The summed E-state index contributed by atoms with van der Waals surface area (Å²) in [5, 5.41) is 6.46. The average Bonchev–Trinajstić information content (AvgIpc) is 2.45. The minimum absolute atomic E-state index is 0.322. The molecule has 0 radical (unpaired) electrons. The minimum Gasteiger partial charge on any atom is -0.355 e. The number of nitrogens with zero attached hydrogens (tertiary/aromatic N) is 2. The van der Waals surface area contributed by atoms with Crippen molar-refractivity contribution < 1.29 is 13.2 Å². The van der Waals surface area contributed by atoms with Crippen LogP contribution < -0.4 is 10.6 Å². The lowest BCUT2D eigenvalue weighted by atomic mass is 9.84. The lowest BCUT2D eigenvalue weighted by Gasteiger charge is -2.29. The van der Waals surface area contributed by atoms with Crippen LogP contribution in [0.1, 0.15) is 39.0 Å². The molecule has 0 atom stereocenters. The maximum atomic E-state index is 12.2. The third kappa shape index (κ3) is 7.87. The molecule has 1 aliphatic rings. The monoisotopic (exact) mass is 322 g/mol. The van der Waals surface area contributed by atoms with Crippen molar-refractivity contribution in [3.63, 3.8) is 0 Å². The average molecular weight is 322 g/mol. The molecule has 0 aromatic heterocycles. The van der Waals surface area contributed by atoms with Gasteiger partial charge in [0.15, 0.2) is 5.96 Å². The number of nitrogens with one attached hydrogen (secondary N) is 2. The summed E-state index contributed by atoms with van der Waals surface area (Å²) in [6.07, 6.45) is 1.83. The van der Waals surface area contributed by atoms with Gasteiger partial charge in [-0.25, -0.2) is 0 Å². The highest BCUT2D eigenvalue weighted by Gasteiger charge is 2.28. The molecule has 1 saturated carbocycles. The van der Waals surface area contributed by atoms with E-state index in [4.69, 9.17) is 0 Å². The third-order valence-corrected chi connectivity index (χ3v) is 4.22. The first-order valence-corrected chi connectivity index (χ1v) is 8.06. The van der Waals surface area contributed by atoms with Crippen LogP contribution >= 0.6 is 0 Å². The van der Waals surface area contributed by atoms with Crippen molar-refractivity contribution in [3.05, 3.63) is 0 Å². The number of rotatable bonds is 6. The quantitative estimate of drug-likeness (QED) is 0.583. The molecule has 7 heteroatoms. The molecule has 1 rings (SSSR count). The van der Waals surface area contributed by atoms with Crippen LogP contribution in [-0.4, -0.2) is 56.8 Å². The summed E-state index contributed by atoms with van der Waals surface area (Å²) >= 11 is 0. The summed E-state index contributed by atoms with van der Waals surface area (Å²) in [5.74, 6) is 1.52. The topological polar surface area (TPSA) is 39.7 Å². The van der Waals surface area contributed by atoms with E-state index in [0.717, 1.165) is 18.8 Å².